The zero-order valence-corrected chi connectivity index (χ0v) is 15.2. The Morgan fingerprint density at radius 1 is 1.25 bits per heavy atom. The highest BCUT2D eigenvalue weighted by atomic mass is 16.5. The van der Waals surface area contributed by atoms with Crippen LogP contribution in [-0.2, 0) is 11.3 Å². The smallest absolute Gasteiger partial charge is 0.191 e. The third kappa shape index (κ3) is 5.27. The second-order valence-electron chi connectivity index (χ2n) is 6.32. The molecule has 0 amide bonds. The molecule has 2 aromatic rings. The first-order valence-electron chi connectivity index (χ1n) is 8.61. The largest absolute Gasteiger partial charge is 0.459 e. The summed E-state index contributed by atoms with van der Waals surface area (Å²) in [6, 6.07) is 8.10. The van der Waals surface area contributed by atoms with Crippen molar-refractivity contribution in [2.45, 2.75) is 33.7 Å². The summed E-state index contributed by atoms with van der Waals surface area (Å²) < 4.78 is 11.5. The number of nitrogens with zero attached hydrogens (tertiary/aromatic N) is 1. The topological polar surface area (TPSA) is 58.8 Å². The first kappa shape index (κ1) is 18.3. The summed E-state index contributed by atoms with van der Waals surface area (Å²) in [6.07, 6.45) is 0.955. The molecule has 0 aliphatic heterocycles. The summed E-state index contributed by atoms with van der Waals surface area (Å²) in [6.45, 7) is 9.43. The maximum Gasteiger partial charge on any atom is 0.191 e. The number of hydrogen-bond acceptors (Lipinski definition) is 3. The van der Waals surface area contributed by atoms with E-state index in [2.05, 4.69) is 42.5 Å². The van der Waals surface area contributed by atoms with Gasteiger partial charge in [0.25, 0.3) is 0 Å². The minimum absolute atomic E-state index is 0.583. The van der Waals surface area contributed by atoms with E-state index in [4.69, 9.17) is 9.15 Å². The molecule has 1 aromatic heterocycles. The van der Waals surface area contributed by atoms with Crippen LogP contribution in [0.15, 0.2) is 33.7 Å². The fourth-order valence-corrected chi connectivity index (χ4v) is 2.48. The van der Waals surface area contributed by atoms with Gasteiger partial charge in [-0.2, -0.15) is 0 Å². The van der Waals surface area contributed by atoms with Crippen LogP contribution >= 0.6 is 0 Å². The number of rotatable bonds is 8. The van der Waals surface area contributed by atoms with Crippen molar-refractivity contribution in [2.75, 3.05) is 26.8 Å². The van der Waals surface area contributed by atoms with Gasteiger partial charge in [-0.3, -0.25) is 4.99 Å². The number of benzene rings is 1. The molecule has 0 saturated heterocycles. The van der Waals surface area contributed by atoms with E-state index in [0.29, 0.717) is 12.5 Å². The lowest BCUT2D eigenvalue weighted by molar-refractivity contribution is 0.108. The molecule has 0 saturated carbocycles. The van der Waals surface area contributed by atoms with E-state index < -0.39 is 0 Å². The summed E-state index contributed by atoms with van der Waals surface area (Å²) in [5.74, 6) is 2.30. The molecule has 0 aliphatic rings. The summed E-state index contributed by atoms with van der Waals surface area (Å²) in [5.41, 5.74) is 2.10. The molecule has 1 aromatic carbocycles. The summed E-state index contributed by atoms with van der Waals surface area (Å²) >= 11 is 0. The second-order valence-corrected chi connectivity index (χ2v) is 6.32. The third-order valence-corrected chi connectivity index (χ3v) is 3.79. The van der Waals surface area contributed by atoms with E-state index in [1.807, 2.05) is 18.2 Å². The number of hydrogen-bond donors (Lipinski definition) is 2. The Morgan fingerprint density at radius 3 is 2.75 bits per heavy atom. The van der Waals surface area contributed by atoms with Gasteiger partial charge in [-0.25, -0.2) is 0 Å². The molecule has 0 aliphatic carbocycles. The van der Waals surface area contributed by atoms with Gasteiger partial charge in [0, 0.05) is 37.8 Å². The van der Waals surface area contributed by atoms with Crippen molar-refractivity contribution in [1.82, 2.24) is 10.6 Å². The lowest BCUT2D eigenvalue weighted by Crippen LogP contribution is -2.37. The minimum atomic E-state index is 0.583. The van der Waals surface area contributed by atoms with E-state index in [9.17, 15) is 0 Å². The number of nitrogens with one attached hydrogen (secondary N) is 2. The summed E-state index contributed by atoms with van der Waals surface area (Å²) in [7, 11) is 1.77. The van der Waals surface area contributed by atoms with Crippen molar-refractivity contribution in [3.05, 3.63) is 35.6 Å². The van der Waals surface area contributed by atoms with Gasteiger partial charge in [0.1, 0.15) is 11.3 Å². The molecule has 2 N–H and O–H groups in total. The molecule has 0 bridgehead atoms. The van der Waals surface area contributed by atoms with Crippen molar-refractivity contribution >= 4 is 16.9 Å². The highest BCUT2D eigenvalue weighted by Crippen LogP contribution is 2.24. The molecule has 5 nitrogen and oxygen atoms in total. The third-order valence-electron chi connectivity index (χ3n) is 3.79. The van der Waals surface area contributed by atoms with Crippen LogP contribution in [0.2, 0.25) is 0 Å². The molecule has 1 heterocycles. The van der Waals surface area contributed by atoms with Crippen LogP contribution in [0.25, 0.3) is 11.0 Å². The average molecular weight is 331 g/mol. The molecule has 0 fully saturated rings. The Balaban J connectivity index is 1.76. The number of fused-ring (bicyclic) bond motifs is 1. The first-order valence-corrected chi connectivity index (χ1v) is 8.61. The van der Waals surface area contributed by atoms with Crippen molar-refractivity contribution in [1.29, 1.82) is 0 Å². The molecule has 0 atom stereocenters. The van der Waals surface area contributed by atoms with Crippen LogP contribution in [-0.4, -0.2) is 32.8 Å². The highest BCUT2D eigenvalue weighted by Gasteiger charge is 2.10. The number of furan rings is 1. The SMILES string of the molecule is CN=C(NCCCOCC(C)C)NCc1oc2ccccc2c1C. The van der Waals surface area contributed by atoms with Crippen molar-refractivity contribution in [3.8, 4) is 0 Å². The van der Waals surface area contributed by atoms with Crippen molar-refractivity contribution in [2.24, 2.45) is 10.9 Å². The molecule has 2 rings (SSSR count). The summed E-state index contributed by atoms with van der Waals surface area (Å²) in [4.78, 5) is 4.24. The van der Waals surface area contributed by atoms with Gasteiger partial charge in [-0.05, 0) is 25.3 Å². The Kier molecular flexibility index (Phi) is 7.12. The van der Waals surface area contributed by atoms with Gasteiger partial charge >= 0.3 is 0 Å². The van der Waals surface area contributed by atoms with E-state index in [1.54, 1.807) is 7.05 Å². The zero-order valence-electron chi connectivity index (χ0n) is 15.2. The van der Waals surface area contributed by atoms with Gasteiger partial charge in [0.2, 0.25) is 0 Å². The van der Waals surface area contributed by atoms with E-state index in [0.717, 1.165) is 43.5 Å². The normalized spacial score (nSPS) is 12.1. The standard InChI is InChI=1S/C19H29N3O2/c1-14(2)13-23-11-7-10-21-19(20-4)22-12-18-15(3)16-8-5-6-9-17(16)24-18/h5-6,8-9,14H,7,10-13H2,1-4H3,(H2,20,21,22). The summed E-state index contributed by atoms with van der Waals surface area (Å²) in [5, 5.41) is 7.77. The van der Waals surface area contributed by atoms with Gasteiger partial charge in [0.05, 0.1) is 6.54 Å². The van der Waals surface area contributed by atoms with Crippen molar-refractivity contribution < 1.29 is 9.15 Å². The number of para-hydroxylation sites is 1. The monoisotopic (exact) mass is 331 g/mol. The van der Waals surface area contributed by atoms with Gasteiger partial charge in [-0.1, -0.05) is 32.0 Å². The fraction of sp³-hybridized carbons (Fsp3) is 0.526. The molecule has 132 valence electrons. The van der Waals surface area contributed by atoms with Crippen LogP contribution in [0.1, 0.15) is 31.6 Å². The molecule has 0 spiro atoms. The van der Waals surface area contributed by atoms with Crippen molar-refractivity contribution in [3.63, 3.8) is 0 Å². The van der Waals surface area contributed by atoms with Crippen LogP contribution < -0.4 is 10.6 Å². The Bertz CT molecular complexity index is 662. The fourth-order valence-electron chi connectivity index (χ4n) is 2.48. The van der Waals surface area contributed by atoms with Gasteiger partial charge in [0.15, 0.2) is 5.96 Å². The molecule has 5 heteroatoms. The lowest BCUT2D eigenvalue weighted by atomic mass is 10.1. The Morgan fingerprint density at radius 2 is 2.04 bits per heavy atom. The van der Waals surface area contributed by atoms with Crippen LogP contribution in [0.4, 0.5) is 0 Å². The maximum atomic E-state index is 5.91. The first-order chi connectivity index (χ1) is 11.6. The predicted octanol–water partition coefficient (Wildman–Crippen LogP) is 3.47. The molecular weight excluding hydrogens is 302 g/mol. The molecule has 0 radical (unpaired) electrons. The molecule has 24 heavy (non-hydrogen) atoms. The number of aliphatic imine (C=N–C) groups is 1. The van der Waals surface area contributed by atoms with Crippen LogP contribution in [0.3, 0.4) is 0 Å². The average Bonchev–Trinajstić information content (AvgIpc) is 2.90. The minimum Gasteiger partial charge on any atom is -0.459 e. The number of aryl methyl sites for hydroxylation is 1. The lowest BCUT2D eigenvalue weighted by Gasteiger charge is -2.12. The second kappa shape index (κ2) is 9.33. The number of ether oxygens (including phenoxy) is 1. The molecule has 0 unspecified atom stereocenters. The van der Waals surface area contributed by atoms with E-state index in [1.165, 1.54) is 10.9 Å². The Labute approximate surface area is 144 Å². The van der Waals surface area contributed by atoms with Crippen LogP contribution in [0.5, 0.6) is 0 Å². The van der Waals surface area contributed by atoms with E-state index in [-0.39, 0.29) is 0 Å². The van der Waals surface area contributed by atoms with Gasteiger partial charge < -0.3 is 19.8 Å². The zero-order chi connectivity index (χ0) is 17.4. The predicted molar refractivity (Wildman–Crippen MR) is 99.4 cm³/mol. The van der Waals surface area contributed by atoms with E-state index >= 15 is 0 Å². The maximum absolute atomic E-state index is 5.91. The quantitative estimate of drug-likeness (QED) is 0.442. The van der Waals surface area contributed by atoms with Gasteiger partial charge in [-0.15, -0.1) is 0 Å². The number of guanidine groups is 1. The molecular formula is C19H29N3O2. The van der Waals surface area contributed by atoms with Crippen LogP contribution in [0, 0.1) is 12.8 Å². The highest BCUT2D eigenvalue weighted by molar-refractivity contribution is 5.82. The Hall–Kier alpha value is -2.01.